The van der Waals surface area contributed by atoms with Gasteiger partial charge in [0, 0.05) is 24.5 Å². The van der Waals surface area contributed by atoms with Crippen LogP contribution in [-0.4, -0.2) is 10.9 Å². The van der Waals surface area contributed by atoms with Crippen LogP contribution < -0.4 is 0 Å². The van der Waals surface area contributed by atoms with E-state index < -0.39 is 0 Å². The summed E-state index contributed by atoms with van der Waals surface area (Å²) in [5, 5.41) is 4.01. The highest BCUT2D eigenvalue weighted by atomic mass is 35.5. The minimum atomic E-state index is 0.0428. The van der Waals surface area contributed by atoms with Gasteiger partial charge in [-0.2, -0.15) is 0 Å². The van der Waals surface area contributed by atoms with Gasteiger partial charge in [0.25, 0.3) is 0 Å². The summed E-state index contributed by atoms with van der Waals surface area (Å²) in [5.74, 6) is 0.700. The predicted molar refractivity (Wildman–Crippen MR) is 90.2 cm³/mol. The van der Waals surface area contributed by atoms with E-state index in [9.17, 15) is 4.79 Å². The zero-order valence-corrected chi connectivity index (χ0v) is 13.5. The molecule has 0 fully saturated rings. The summed E-state index contributed by atoms with van der Waals surface area (Å²) in [5.41, 5.74) is 2.16. The van der Waals surface area contributed by atoms with E-state index in [1.165, 1.54) is 11.3 Å². The molecule has 0 atom stereocenters. The lowest BCUT2D eigenvalue weighted by atomic mass is 10.1. The van der Waals surface area contributed by atoms with Gasteiger partial charge in [-0.25, -0.2) is 4.85 Å². The Hall–Kier alpha value is -2.42. The van der Waals surface area contributed by atoms with Crippen molar-refractivity contribution in [3.8, 4) is 11.3 Å². The Kier molecular flexibility index (Phi) is 4.56. The van der Waals surface area contributed by atoms with Gasteiger partial charge in [-0.15, -0.1) is 11.3 Å². The van der Waals surface area contributed by atoms with Gasteiger partial charge in [0.15, 0.2) is 11.5 Å². The molecule has 0 saturated heterocycles. The lowest BCUT2D eigenvalue weighted by Gasteiger charge is -1.95. The van der Waals surface area contributed by atoms with Gasteiger partial charge in [0.1, 0.15) is 11.5 Å². The standard InChI is InChI=1S/C17H11ClN2O2S/c1-19-12-4-2-11(3-5-12)14-10-13(22-20-14)6-7-15(21)16-8-9-17(18)23-16/h2-5,8-10H,6-7H2. The topological polar surface area (TPSA) is 47.5 Å². The number of halogens is 1. The van der Waals surface area contributed by atoms with Gasteiger partial charge in [-0.3, -0.25) is 4.79 Å². The summed E-state index contributed by atoms with van der Waals surface area (Å²) in [6, 6.07) is 12.4. The zero-order chi connectivity index (χ0) is 16.2. The van der Waals surface area contributed by atoms with Crippen molar-refractivity contribution in [3.63, 3.8) is 0 Å². The van der Waals surface area contributed by atoms with E-state index in [2.05, 4.69) is 10.0 Å². The Morgan fingerprint density at radius 3 is 2.70 bits per heavy atom. The van der Waals surface area contributed by atoms with Crippen molar-refractivity contribution in [2.75, 3.05) is 0 Å². The first-order valence-electron chi connectivity index (χ1n) is 6.88. The molecule has 23 heavy (non-hydrogen) atoms. The summed E-state index contributed by atoms with van der Waals surface area (Å²) >= 11 is 7.12. The summed E-state index contributed by atoms with van der Waals surface area (Å²) in [6.45, 7) is 6.94. The van der Waals surface area contributed by atoms with Crippen LogP contribution in [0.1, 0.15) is 21.9 Å². The third-order valence-electron chi connectivity index (χ3n) is 3.30. The molecule has 0 radical (unpaired) electrons. The number of aromatic nitrogens is 1. The molecular formula is C17H11ClN2O2S. The molecule has 0 bridgehead atoms. The van der Waals surface area contributed by atoms with Crippen LogP contribution in [0.4, 0.5) is 5.69 Å². The van der Waals surface area contributed by atoms with Gasteiger partial charge in [-0.05, 0) is 12.1 Å². The van der Waals surface area contributed by atoms with Gasteiger partial charge < -0.3 is 4.52 Å². The van der Waals surface area contributed by atoms with Crippen LogP contribution in [0.2, 0.25) is 4.34 Å². The van der Waals surface area contributed by atoms with Crippen LogP contribution in [0.3, 0.4) is 0 Å². The average Bonchev–Trinajstić information content (AvgIpc) is 3.22. The Labute approximate surface area is 142 Å². The van der Waals surface area contributed by atoms with Crippen molar-refractivity contribution in [2.45, 2.75) is 12.8 Å². The third-order valence-corrected chi connectivity index (χ3v) is 4.57. The Morgan fingerprint density at radius 1 is 1.26 bits per heavy atom. The van der Waals surface area contributed by atoms with Crippen LogP contribution in [0.15, 0.2) is 47.0 Å². The molecule has 0 saturated carbocycles. The lowest BCUT2D eigenvalue weighted by molar-refractivity contribution is 0.0984. The number of rotatable bonds is 5. The van der Waals surface area contributed by atoms with Crippen molar-refractivity contribution in [3.05, 3.63) is 68.9 Å². The highest BCUT2D eigenvalue weighted by molar-refractivity contribution is 7.18. The number of thiophene rings is 1. The second-order valence-corrected chi connectivity index (χ2v) is 6.58. The molecule has 0 aliphatic carbocycles. The SMILES string of the molecule is [C-]#[N+]c1ccc(-c2cc(CCC(=O)c3ccc(Cl)s3)on2)cc1. The number of aryl methyl sites for hydroxylation is 1. The molecule has 0 aliphatic rings. The monoisotopic (exact) mass is 342 g/mol. The average molecular weight is 343 g/mol. The highest BCUT2D eigenvalue weighted by Gasteiger charge is 2.12. The zero-order valence-electron chi connectivity index (χ0n) is 12.0. The number of hydrogen-bond donors (Lipinski definition) is 0. The third kappa shape index (κ3) is 3.67. The maximum absolute atomic E-state index is 12.0. The van der Waals surface area contributed by atoms with E-state index in [1.807, 2.05) is 18.2 Å². The maximum Gasteiger partial charge on any atom is 0.187 e. The first-order chi connectivity index (χ1) is 11.2. The molecule has 0 spiro atoms. The molecule has 6 heteroatoms. The Balaban J connectivity index is 1.65. The first-order valence-corrected chi connectivity index (χ1v) is 8.07. The molecule has 2 aromatic heterocycles. The van der Waals surface area contributed by atoms with Crippen molar-refractivity contribution >= 4 is 34.4 Å². The van der Waals surface area contributed by atoms with E-state index in [0.717, 1.165) is 5.56 Å². The molecule has 2 heterocycles. The van der Waals surface area contributed by atoms with Crippen molar-refractivity contribution < 1.29 is 9.32 Å². The fraction of sp³-hybridized carbons (Fsp3) is 0.118. The largest absolute Gasteiger partial charge is 0.361 e. The summed E-state index contributed by atoms with van der Waals surface area (Å²) in [4.78, 5) is 16.0. The van der Waals surface area contributed by atoms with Crippen molar-refractivity contribution in [1.82, 2.24) is 5.16 Å². The quantitative estimate of drug-likeness (QED) is 0.459. The van der Waals surface area contributed by atoms with E-state index in [1.54, 1.807) is 24.3 Å². The fourth-order valence-electron chi connectivity index (χ4n) is 2.10. The van der Waals surface area contributed by atoms with Crippen LogP contribution >= 0.6 is 22.9 Å². The number of benzene rings is 1. The van der Waals surface area contributed by atoms with Crippen LogP contribution in [-0.2, 0) is 6.42 Å². The summed E-state index contributed by atoms with van der Waals surface area (Å²) in [6.07, 6.45) is 0.837. The number of hydrogen-bond acceptors (Lipinski definition) is 4. The van der Waals surface area contributed by atoms with Gasteiger partial charge >= 0.3 is 0 Å². The number of ketones is 1. The summed E-state index contributed by atoms with van der Waals surface area (Å²) in [7, 11) is 0. The highest BCUT2D eigenvalue weighted by Crippen LogP contribution is 2.25. The van der Waals surface area contributed by atoms with E-state index in [-0.39, 0.29) is 5.78 Å². The number of Topliss-reactive ketones (excluding diaryl/α,β-unsaturated/α-hetero) is 1. The molecule has 0 amide bonds. The Morgan fingerprint density at radius 2 is 2.04 bits per heavy atom. The van der Waals surface area contributed by atoms with E-state index in [0.29, 0.717) is 39.2 Å². The van der Waals surface area contributed by atoms with Crippen LogP contribution in [0, 0.1) is 6.57 Å². The van der Waals surface area contributed by atoms with E-state index in [4.69, 9.17) is 22.7 Å². The second-order valence-electron chi connectivity index (χ2n) is 4.86. The predicted octanol–water partition coefficient (Wildman–Crippen LogP) is 5.42. The van der Waals surface area contributed by atoms with Crippen molar-refractivity contribution in [1.29, 1.82) is 0 Å². The molecule has 3 rings (SSSR count). The molecule has 0 N–H and O–H groups in total. The minimum absolute atomic E-state index is 0.0428. The minimum Gasteiger partial charge on any atom is -0.361 e. The lowest BCUT2D eigenvalue weighted by Crippen LogP contribution is -1.97. The molecule has 1 aromatic carbocycles. The summed E-state index contributed by atoms with van der Waals surface area (Å²) < 4.78 is 5.89. The molecular weight excluding hydrogens is 332 g/mol. The molecule has 114 valence electrons. The maximum atomic E-state index is 12.0. The molecule has 4 nitrogen and oxygen atoms in total. The Bertz CT molecular complexity index is 875. The first kappa shape index (κ1) is 15.5. The van der Waals surface area contributed by atoms with Gasteiger partial charge in [0.05, 0.1) is 15.8 Å². The molecule has 3 aromatic rings. The van der Waals surface area contributed by atoms with Crippen LogP contribution in [0.5, 0.6) is 0 Å². The molecule has 0 aliphatic heterocycles. The fourth-order valence-corrected chi connectivity index (χ4v) is 3.11. The number of carbonyl (C=O) groups is 1. The van der Waals surface area contributed by atoms with Gasteiger partial charge in [-0.1, -0.05) is 41.0 Å². The van der Waals surface area contributed by atoms with Gasteiger partial charge in [0.2, 0.25) is 0 Å². The van der Waals surface area contributed by atoms with Crippen LogP contribution in [0.25, 0.3) is 16.1 Å². The number of nitrogens with zero attached hydrogens (tertiary/aromatic N) is 2. The van der Waals surface area contributed by atoms with E-state index >= 15 is 0 Å². The molecule has 0 unspecified atom stereocenters. The number of carbonyl (C=O) groups excluding carboxylic acids is 1. The second kappa shape index (κ2) is 6.78. The smallest absolute Gasteiger partial charge is 0.187 e. The normalized spacial score (nSPS) is 10.4. The van der Waals surface area contributed by atoms with Crippen molar-refractivity contribution in [2.24, 2.45) is 0 Å².